The molecule has 1 aromatic carbocycles. The molecule has 0 saturated heterocycles. The van der Waals surface area contributed by atoms with Crippen molar-refractivity contribution in [2.75, 3.05) is 32.9 Å². The molecule has 0 aromatic heterocycles. The van der Waals surface area contributed by atoms with Gasteiger partial charge in [0.15, 0.2) is 0 Å². The highest BCUT2D eigenvalue weighted by atomic mass is 16.5. The van der Waals surface area contributed by atoms with E-state index in [1.807, 2.05) is 19.1 Å². The maximum Gasteiger partial charge on any atom is 0.255 e. The van der Waals surface area contributed by atoms with Gasteiger partial charge in [0.2, 0.25) is 0 Å². The highest BCUT2D eigenvalue weighted by molar-refractivity contribution is 5.96. The lowest BCUT2D eigenvalue weighted by Crippen LogP contribution is -2.25. The van der Waals surface area contributed by atoms with Crippen LogP contribution < -0.4 is 15.8 Å². The number of amides is 1. The largest absolute Gasteiger partial charge is 0.490 e. The van der Waals surface area contributed by atoms with Crippen molar-refractivity contribution in [2.24, 2.45) is 5.73 Å². The maximum absolute atomic E-state index is 12.1. The van der Waals surface area contributed by atoms with Crippen molar-refractivity contribution in [3.63, 3.8) is 0 Å². The average molecular weight is 280 g/mol. The van der Waals surface area contributed by atoms with E-state index in [0.29, 0.717) is 44.2 Å². The molecule has 5 nitrogen and oxygen atoms in total. The van der Waals surface area contributed by atoms with Gasteiger partial charge in [-0.15, -0.1) is 0 Å². The Morgan fingerprint density at radius 2 is 2.05 bits per heavy atom. The number of hydrogen-bond acceptors (Lipinski definition) is 4. The maximum atomic E-state index is 12.1. The molecule has 112 valence electrons. The molecule has 0 aliphatic carbocycles. The van der Waals surface area contributed by atoms with Crippen LogP contribution in [0.2, 0.25) is 0 Å². The quantitative estimate of drug-likeness (QED) is 0.638. The van der Waals surface area contributed by atoms with E-state index in [1.165, 1.54) is 0 Å². The van der Waals surface area contributed by atoms with E-state index >= 15 is 0 Å². The standard InChI is InChI=1S/C15H24N2O3/c1-2-19-11-12-20-14-8-4-3-7-13(14)15(18)17-10-6-5-9-16/h3-4,7-8H,2,5-6,9-12,16H2,1H3,(H,17,18). The Hall–Kier alpha value is -1.59. The van der Waals surface area contributed by atoms with Crippen LogP contribution >= 0.6 is 0 Å². The van der Waals surface area contributed by atoms with Crippen LogP contribution in [0.1, 0.15) is 30.1 Å². The molecule has 0 radical (unpaired) electrons. The zero-order chi connectivity index (χ0) is 14.6. The van der Waals surface area contributed by atoms with Gasteiger partial charge in [-0.2, -0.15) is 0 Å². The first-order valence-corrected chi connectivity index (χ1v) is 7.07. The van der Waals surface area contributed by atoms with E-state index < -0.39 is 0 Å². The normalized spacial score (nSPS) is 10.3. The van der Waals surface area contributed by atoms with E-state index in [1.54, 1.807) is 12.1 Å². The molecule has 0 saturated carbocycles. The number of nitrogens with one attached hydrogen (secondary N) is 1. The van der Waals surface area contributed by atoms with Crippen LogP contribution in [0.15, 0.2) is 24.3 Å². The summed E-state index contributed by atoms with van der Waals surface area (Å²) in [4.78, 5) is 12.1. The van der Waals surface area contributed by atoms with Gasteiger partial charge in [0.05, 0.1) is 12.2 Å². The smallest absolute Gasteiger partial charge is 0.255 e. The van der Waals surface area contributed by atoms with Gasteiger partial charge in [-0.3, -0.25) is 4.79 Å². The number of ether oxygens (including phenoxy) is 2. The highest BCUT2D eigenvalue weighted by Gasteiger charge is 2.11. The van der Waals surface area contributed by atoms with Crippen LogP contribution in [0.4, 0.5) is 0 Å². The van der Waals surface area contributed by atoms with Gasteiger partial charge in [0.1, 0.15) is 12.4 Å². The number of unbranched alkanes of at least 4 members (excludes halogenated alkanes) is 1. The lowest BCUT2D eigenvalue weighted by atomic mass is 10.2. The number of carbonyl (C=O) groups excluding carboxylic acids is 1. The van der Waals surface area contributed by atoms with E-state index in [-0.39, 0.29) is 5.91 Å². The second kappa shape index (κ2) is 10.2. The van der Waals surface area contributed by atoms with Crippen LogP contribution in [-0.2, 0) is 4.74 Å². The molecule has 1 aromatic rings. The van der Waals surface area contributed by atoms with Crippen molar-refractivity contribution >= 4 is 5.91 Å². The van der Waals surface area contributed by atoms with Crippen LogP contribution in [0.5, 0.6) is 5.75 Å². The Bertz CT molecular complexity index is 396. The monoisotopic (exact) mass is 280 g/mol. The lowest BCUT2D eigenvalue weighted by Gasteiger charge is -2.11. The number of benzene rings is 1. The lowest BCUT2D eigenvalue weighted by molar-refractivity contribution is 0.0936. The van der Waals surface area contributed by atoms with Crippen LogP contribution in [-0.4, -0.2) is 38.8 Å². The number of rotatable bonds is 10. The first-order chi connectivity index (χ1) is 9.79. The molecule has 0 aliphatic rings. The molecule has 20 heavy (non-hydrogen) atoms. The summed E-state index contributed by atoms with van der Waals surface area (Å²) in [5.74, 6) is 0.470. The topological polar surface area (TPSA) is 73.6 Å². The fraction of sp³-hybridized carbons (Fsp3) is 0.533. The van der Waals surface area contributed by atoms with Crippen molar-refractivity contribution < 1.29 is 14.3 Å². The summed E-state index contributed by atoms with van der Waals surface area (Å²) >= 11 is 0. The Balaban J connectivity index is 2.48. The number of carbonyl (C=O) groups is 1. The van der Waals surface area contributed by atoms with Gasteiger partial charge in [0.25, 0.3) is 5.91 Å². The van der Waals surface area contributed by atoms with Gasteiger partial charge < -0.3 is 20.5 Å². The first-order valence-electron chi connectivity index (χ1n) is 7.07. The Morgan fingerprint density at radius 3 is 2.80 bits per heavy atom. The van der Waals surface area contributed by atoms with Gasteiger partial charge >= 0.3 is 0 Å². The molecule has 0 aliphatic heterocycles. The van der Waals surface area contributed by atoms with Crippen molar-refractivity contribution in [1.82, 2.24) is 5.32 Å². The Morgan fingerprint density at radius 1 is 1.25 bits per heavy atom. The van der Waals surface area contributed by atoms with Crippen LogP contribution in [0, 0.1) is 0 Å². The zero-order valence-electron chi connectivity index (χ0n) is 12.1. The van der Waals surface area contributed by atoms with Crippen molar-refractivity contribution in [2.45, 2.75) is 19.8 Å². The Kier molecular flexibility index (Phi) is 8.42. The van der Waals surface area contributed by atoms with Crippen LogP contribution in [0.25, 0.3) is 0 Å². The summed E-state index contributed by atoms with van der Waals surface area (Å²) in [6.45, 7) is 4.82. The number of para-hydroxylation sites is 1. The van der Waals surface area contributed by atoms with Gasteiger partial charge in [-0.05, 0) is 38.4 Å². The molecule has 3 N–H and O–H groups in total. The van der Waals surface area contributed by atoms with E-state index in [2.05, 4.69) is 5.32 Å². The molecule has 1 amide bonds. The second-order valence-electron chi connectivity index (χ2n) is 4.29. The number of nitrogens with two attached hydrogens (primary N) is 1. The first kappa shape index (κ1) is 16.5. The molecule has 0 fully saturated rings. The third-order valence-corrected chi connectivity index (χ3v) is 2.74. The predicted octanol–water partition coefficient (Wildman–Crippen LogP) is 1.57. The minimum absolute atomic E-state index is 0.117. The third-order valence-electron chi connectivity index (χ3n) is 2.74. The highest BCUT2D eigenvalue weighted by Crippen LogP contribution is 2.17. The van der Waals surface area contributed by atoms with Gasteiger partial charge in [-0.1, -0.05) is 12.1 Å². The van der Waals surface area contributed by atoms with Gasteiger partial charge in [0, 0.05) is 13.2 Å². The molecule has 5 heteroatoms. The number of hydrogen-bond donors (Lipinski definition) is 2. The molecule has 0 heterocycles. The SMILES string of the molecule is CCOCCOc1ccccc1C(=O)NCCCCN. The summed E-state index contributed by atoms with van der Waals surface area (Å²) < 4.78 is 10.8. The summed E-state index contributed by atoms with van der Waals surface area (Å²) in [5.41, 5.74) is 5.97. The summed E-state index contributed by atoms with van der Waals surface area (Å²) in [6, 6.07) is 7.22. The Labute approximate surface area is 120 Å². The molecule has 1 rings (SSSR count). The summed E-state index contributed by atoms with van der Waals surface area (Å²) in [7, 11) is 0. The fourth-order valence-electron chi connectivity index (χ4n) is 1.70. The summed E-state index contributed by atoms with van der Waals surface area (Å²) in [6.07, 6.45) is 1.79. The van der Waals surface area contributed by atoms with E-state index in [0.717, 1.165) is 12.8 Å². The third kappa shape index (κ3) is 6.04. The molecule has 0 spiro atoms. The molecule has 0 atom stereocenters. The van der Waals surface area contributed by atoms with Crippen molar-refractivity contribution in [1.29, 1.82) is 0 Å². The molecular weight excluding hydrogens is 256 g/mol. The summed E-state index contributed by atoms with van der Waals surface area (Å²) in [5, 5.41) is 2.87. The average Bonchev–Trinajstić information content (AvgIpc) is 2.48. The fourth-order valence-corrected chi connectivity index (χ4v) is 1.70. The van der Waals surface area contributed by atoms with Crippen LogP contribution in [0.3, 0.4) is 0 Å². The van der Waals surface area contributed by atoms with E-state index in [9.17, 15) is 4.79 Å². The molecule has 0 unspecified atom stereocenters. The van der Waals surface area contributed by atoms with Gasteiger partial charge in [-0.25, -0.2) is 0 Å². The second-order valence-corrected chi connectivity index (χ2v) is 4.29. The minimum atomic E-state index is -0.117. The molecule has 0 bridgehead atoms. The molecular formula is C15H24N2O3. The minimum Gasteiger partial charge on any atom is -0.490 e. The van der Waals surface area contributed by atoms with Crippen molar-refractivity contribution in [3.05, 3.63) is 29.8 Å². The predicted molar refractivity (Wildman–Crippen MR) is 79.1 cm³/mol. The zero-order valence-corrected chi connectivity index (χ0v) is 12.1. The van der Waals surface area contributed by atoms with Crippen molar-refractivity contribution in [3.8, 4) is 5.75 Å². The van der Waals surface area contributed by atoms with E-state index in [4.69, 9.17) is 15.2 Å².